The van der Waals surface area contributed by atoms with Crippen molar-refractivity contribution in [2.75, 3.05) is 25.0 Å². The summed E-state index contributed by atoms with van der Waals surface area (Å²) in [6, 6.07) is 15.9. The molecule has 3 aliphatic rings. The molecule has 3 fully saturated rings. The van der Waals surface area contributed by atoms with Crippen LogP contribution in [0.15, 0.2) is 53.1 Å². The van der Waals surface area contributed by atoms with E-state index in [1.165, 1.54) is 12.8 Å². The first-order valence-corrected chi connectivity index (χ1v) is 14.0. The van der Waals surface area contributed by atoms with Gasteiger partial charge in [0.05, 0.1) is 17.3 Å². The van der Waals surface area contributed by atoms with Crippen molar-refractivity contribution in [3.63, 3.8) is 0 Å². The van der Waals surface area contributed by atoms with Crippen molar-refractivity contribution in [3.05, 3.63) is 76.9 Å². The molecule has 0 radical (unpaired) electrons. The number of fused-ring (bicyclic) bond motifs is 3. The molecule has 7 heteroatoms. The quantitative estimate of drug-likeness (QED) is 0.373. The second kappa shape index (κ2) is 8.91. The molecule has 1 saturated carbocycles. The molecule has 2 unspecified atom stereocenters. The normalized spacial score (nSPS) is 21.9. The minimum atomic E-state index is -0.424. The van der Waals surface area contributed by atoms with E-state index in [0.717, 1.165) is 70.5 Å². The maximum absolute atomic E-state index is 13.9. The highest BCUT2D eigenvalue weighted by molar-refractivity contribution is 5.98. The third-order valence-corrected chi connectivity index (χ3v) is 9.15. The summed E-state index contributed by atoms with van der Waals surface area (Å²) in [6.07, 6.45) is 6.05. The van der Waals surface area contributed by atoms with Crippen molar-refractivity contribution < 1.29 is 9.21 Å². The Balaban J connectivity index is 1.22. The molecule has 1 N–H and O–H groups in total. The number of oxazole rings is 1. The Bertz CT molecular complexity index is 1590. The van der Waals surface area contributed by atoms with Gasteiger partial charge in [0, 0.05) is 60.0 Å². The Labute approximate surface area is 229 Å². The number of piperazine rings is 1. The van der Waals surface area contributed by atoms with Gasteiger partial charge in [0.25, 0.3) is 5.91 Å². The van der Waals surface area contributed by atoms with Gasteiger partial charge in [0.15, 0.2) is 11.7 Å². The summed E-state index contributed by atoms with van der Waals surface area (Å²) in [4.78, 5) is 28.0. The van der Waals surface area contributed by atoms with Gasteiger partial charge >= 0.3 is 0 Å². The van der Waals surface area contributed by atoms with Gasteiger partial charge in [-0.1, -0.05) is 12.1 Å². The standard InChI is InChI=1S/C32H35N5O2/c1-19-5-7-23(37-17-24-8-9-25(18-37)36(24)4)15-27(19)31(38)35-32(11-12-32)28-13-22(30-16-33-21(3)39-30)14-29-26(28)10-6-20(2)34-29/h5-7,10,13-16,24-25H,8-9,11-12,17-18H2,1-4H3,(H,35,38). The average Bonchev–Trinajstić information content (AvgIpc) is 3.52. The smallest absolute Gasteiger partial charge is 0.252 e. The summed E-state index contributed by atoms with van der Waals surface area (Å²) in [6.45, 7) is 7.92. The number of pyridine rings is 1. The summed E-state index contributed by atoms with van der Waals surface area (Å²) in [7, 11) is 2.25. The summed E-state index contributed by atoms with van der Waals surface area (Å²) in [5.74, 6) is 1.32. The van der Waals surface area contributed by atoms with E-state index >= 15 is 0 Å². The van der Waals surface area contributed by atoms with Crippen LogP contribution in [0.4, 0.5) is 5.69 Å². The van der Waals surface area contributed by atoms with E-state index in [1.807, 2.05) is 26.8 Å². The molecule has 2 aromatic heterocycles. The Morgan fingerprint density at radius 1 is 1.03 bits per heavy atom. The van der Waals surface area contributed by atoms with Gasteiger partial charge in [0.2, 0.25) is 0 Å². The molecule has 2 aliphatic heterocycles. The van der Waals surface area contributed by atoms with Crippen LogP contribution in [0, 0.1) is 20.8 Å². The summed E-state index contributed by atoms with van der Waals surface area (Å²) >= 11 is 0. The minimum Gasteiger partial charge on any atom is -0.441 e. The molecular formula is C32H35N5O2. The van der Waals surface area contributed by atoms with Gasteiger partial charge in [0.1, 0.15) is 0 Å². The van der Waals surface area contributed by atoms with Crippen molar-refractivity contribution in [1.82, 2.24) is 20.2 Å². The molecule has 39 heavy (non-hydrogen) atoms. The van der Waals surface area contributed by atoms with Gasteiger partial charge in [-0.3, -0.25) is 14.7 Å². The number of aryl methyl sites for hydroxylation is 3. The molecule has 2 aromatic carbocycles. The topological polar surface area (TPSA) is 74.5 Å². The number of benzene rings is 2. The number of carbonyl (C=O) groups excluding carboxylic acids is 1. The first-order chi connectivity index (χ1) is 18.8. The Hall–Kier alpha value is -3.71. The van der Waals surface area contributed by atoms with Gasteiger partial charge < -0.3 is 14.6 Å². The minimum absolute atomic E-state index is 0.0157. The number of aromatic nitrogens is 2. The van der Waals surface area contributed by atoms with E-state index in [9.17, 15) is 4.79 Å². The highest BCUT2D eigenvalue weighted by Gasteiger charge is 2.47. The molecule has 7 nitrogen and oxygen atoms in total. The molecule has 4 heterocycles. The van der Waals surface area contributed by atoms with Crippen molar-refractivity contribution >= 4 is 22.5 Å². The number of nitrogens with one attached hydrogen (secondary N) is 1. The van der Waals surface area contributed by atoms with Crippen LogP contribution in [-0.4, -0.2) is 53.0 Å². The fourth-order valence-corrected chi connectivity index (χ4v) is 6.62. The lowest BCUT2D eigenvalue weighted by Crippen LogP contribution is -2.52. The van der Waals surface area contributed by atoms with Crippen LogP contribution in [0.3, 0.4) is 0 Å². The molecule has 1 aliphatic carbocycles. The molecule has 7 rings (SSSR count). The van der Waals surface area contributed by atoms with E-state index in [1.54, 1.807) is 6.20 Å². The number of nitrogens with zero attached hydrogens (tertiary/aromatic N) is 4. The van der Waals surface area contributed by atoms with Crippen molar-refractivity contribution in [3.8, 4) is 11.3 Å². The van der Waals surface area contributed by atoms with Gasteiger partial charge in [-0.15, -0.1) is 0 Å². The van der Waals surface area contributed by atoms with E-state index < -0.39 is 5.54 Å². The van der Waals surface area contributed by atoms with Crippen molar-refractivity contribution in [1.29, 1.82) is 0 Å². The lowest BCUT2D eigenvalue weighted by atomic mass is 9.94. The Kier molecular flexibility index (Phi) is 5.56. The van der Waals surface area contributed by atoms with E-state index in [4.69, 9.17) is 9.40 Å². The van der Waals surface area contributed by atoms with Crippen LogP contribution in [0.5, 0.6) is 0 Å². The molecular weight excluding hydrogens is 486 g/mol. The van der Waals surface area contributed by atoms with Crippen molar-refractivity contribution in [2.24, 2.45) is 0 Å². The van der Waals surface area contributed by atoms with E-state index in [0.29, 0.717) is 23.7 Å². The molecule has 0 spiro atoms. The number of likely N-dealkylation sites (N-methyl/N-ethyl adjacent to an activating group) is 1. The Morgan fingerprint density at radius 3 is 2.49 bits per heavy atom. The number of amides is 1. The summed E-state index contributed by atoms with van der Waals surface area (Å²) < 4.78 is 5.87. The van der Waals surface area contributed by atoms with Gasteiger partial charge in [-0.25, -0.2) is 4.98 Å². The largest absolute Gasteiger partial charge is 0.441 e. The molecule has 2 saturated heterocycles. The lowest BCUT2D eigenvalue weighted by Gasteiger charge is -2.40. The number of rotatable bonds is 5. The highest BCUT2D eigenvalue weighted by Crippen LogP contribution is 2.49. The molecule has 2 atom stereocenters. The van der Waals surface area contributed by atoms with Crippen molar-refractivity contribution in [2.45, 2.75) is 64.1 Å². The predicted molar refractivity (Wildman–Crippen MR) is 153 cm³/mol. The summed E-state index contributed by atoms with van der Waals surface area (Å²) in [5.41, 5.74) is 6.36. The monoisotopic (exact) mass is 521 g/mol. The van der Waals surface area contributed by atoms with Crippen LogP contribution in [0.25, 0.3) is 22.2 Å². The van der Waals surface area contributed by atoms with E-state index in [2.05, 4.69) is 63.5 Å². The molecule has 1 amide bonds. The van der Waals surface area contributed by atoms with Crippen LogP contribution < -0.4 is 10.2 Å². The maximum atomic E-state index is 13.9. The second-order valence-electron chi connectivity index (χ2n) is 11.8. The van der Waals surface area contributed by atoms with Crippen LogP contribution in [0.1, 0.15) is 58.8 Å². The first kappa shape index (κ1) is 24.3. The third kappa shape index (κ3) is 4.20. The van der Waals surface area contributed by atoms with Crippen LogP contribution in [-0.2, 0) is 5.54 Å². The summed E-state index contributed by atoms with van der Waals surface area (Å²) in [5, 5.41) is 4.53. The number of hydrogen-bond donors (Lipinski definition) is 1. The zero-order valence-corrected chi connectivity index (χ0v) is 23.1. The van der Waals surface area contributed by atoms with Gasteiger partial charge in [-0.2, -0.15) is 0 Å². The maximum Gasteiger partial charge on any atom is 0.252 e. The zero-order chi connectivity index (χ0) is 26.9. The number of hydrogen-bond acceptors (Lipinski definition) is 6. The Morgan fingerprint density at radius 2 is 1.79 bits per heavy atom. The molecule has 200 valence electrons. The highest BCUT2D eigenvalue weighted by atomic mass is 16.4. The average molecular weight is 522 g/mol. The second-order valence-corrected chi connectivity index (χ2v) is 11.8. The molecule has 2 bridgehead atoms. The van der Waals surface area contributed by atoms with Crippen LogP contribution in [0.2, 0.25) is 0 Å². The number of carbonyl (C=O) groups is 1. The fraction of sp³-hybridized carbons (Fsp3) is 0.406. The predicted octanol–water partition coefficient (Wildman–Crippen LogP) is 5.52. The van der Waals surface area contributed by atoms with Crippen LogP contribution >= 0.6 is 0 Å². The lowest BCUT2D eigenvalue weighted by molar-refractivity contribution is 0.0930. The molecule has 4 aromatic rings. The van der Waals surface area contributed by atoms with E-state index in [-0.39, 0.29) is 5.91 Å². The number of anilines is 1. The third-order valence-electron chi connectivity index (χ3n) is 9.15. The first-order valence-electron chi connectivity index (χ1n) is 14.0. The SMILES string of the molecule is Cc1ccc2c(C3(NC(=O)c4cc(N5CC6CCC(C5)N6C)ccc4C)CC3)cc(-c3cnc(C)o3)cc2n1. The zero-order valence-electron chi connectivity index (χ0n) is 23.1. The fourth-order valence-electron chi connectivity index (χ4n) is 6.62. The van der Waals surface area contributed by atoms with Gasteiger partial charge in [-0.05, 0) is 88.0 Å².